The number of allylic oxidation sites excluding steroid dienone is 4. The first-order valence-electron chi connectivity index (χ1n) is 4.49. The molecule has 1 aliphatic rings. The van der Waals surface area contributed by atoms with Crippen LogP contribution in [-0.4, -0.2) is 5.11 Å². The summed E-state index contributed by atoms with van der Waals surface area (Å²) < 4.78 is 0. The molecule has 0 bridgehead atoms. The molecule has 0 fully saturated rings. The second kappa shape index (κ2) is 3.48. The molecule has 1 heteroatoms. The Morgan fingerprint density at radius 3 is 2.46 bits per heavy atom. The van der Waals surface area contributed by atoms with Crippen molar-refractivity contribution in [2.45, 2.75) is 12.3 Å². The number of phenolic OH excluding ortho intramolecular Hbond substituents is 1. The molecule has 0 saturated carbocycles. The van der Waals surface area contributed by atoms with Crippen LogP contribution in [0.2, 0.25) is 0 Å². The zero-order valence-electron chi connectivity index (χ0n) is 7.35. The number of hydrogen-bond donors (Lipinski definition) is 1. The van der Waals surface area contributed by atoms with E-state index in [2.05, 4.69) is 24.3 Å². The zero-order valence-corrected chi connectivity index (χ0v) is 7.35. The van der Waals surface area contributed by atoms with Gasteiger partial charge in [-0.2, -0.15) is 0 Å². The summed E-state index contributed by atoms with van der Waals surface area (Å²) in [6.07, 6.45) is 9.49. The molecule has 1 aliphatic carbocycles. The minimum atomic E-state index is 0.245. The first kappa shape index (κ1) is 8.11. The monoisotopic (exact) mass is 172 g/mol. The Kier molecular flexibility index (Phi) is 2.17. The highest BCUT2D eigenvalue weighted by molar-refractivity contribution is 5.40. The molecule has 13 heavy (non-hydrogen) atoms. The van der Waals surface area contributed by atoms with Gasteiger partial charge in [-0.15, -0.1) is 0 Å². The van der Waals surface area contributed by atoms with E-state index >= 15 is 0 Å². The average molecular weight is 172 g/mol. The molecule has 0 spiro atoms. The molecule has 1 aromatic carbocycles. The summed E-state index contributed by atoms with van der Waals surface area (Å²) in [5, 5.41) is 9.59. The molecule has 1 aromatic rings. The van der Waals surface area contributed by atoms with E-state index < -0.39 is 0 Å². The number of rotatable bonds is 1. The van der Waals surface area contributed by atoms with Gasteiger partial charge in [-0.25, -0.2) is 0 Å². The number of phenols is 1. The molecule has 0 heterocycles. The molecule has 1 nitrogen and oxygen atoms in total. The van der Waals surface area contributed by atoms with Crippen molar-refractivity contribution < 1.29 is 5.11 Å². The summed E-state index contributed by atoms with van der Waals surface area (Å²) in [6.45, 7) is 0. The number of aromatic hydroxyl groups is 1. The van der Waals surface area contributed by atoms with Crippen LogP contribution in [-0.2, 0) is 0 Å². The van der Waals surface area contributed by atoms with E-state index in [-0.39, 0.29) is 5.92 Å². The van der Waals surface area contributed by atoms with Gasteiger partial charge < -0.3 is 5.11 Å². The van der Waals surface area contributed by atoms with E-state index in [4.69, 9.17) is 0 Å². The van der Waals surface area contributed by atoms with Crippen LogP contribution in [0.4, 0.5) is 0 Å². The van der Waals surface area contributed by atoms with Crippen molar-refractivity contribution in [3.05, 3.63) is 54.1 Å². The summed E-state index contributed by atoms with van der Waals surface area (Å²) >= 11 is 0. The van der Waals surface area contributed by atoms with Gasteiger partial charge in [-0.3, -0.25) is 0 Å². The third kappa shape index (κ3) is 1.64. The normalized spacial score (nSPS) is 16.3. The van der Waals surface area contributed by atoms with Crippen LogP contribution in [0.25, 0.3) is 0 Å². The molecule has 0 aromatic heterocycles. The first-order chi connectivity index (χ1) is 6.38. The molecule has 0 atom stereocenters. The Labute approximate surface area is 78.0 Å². The smallest absolute Gasteiger partial charge is 0.119 e. The van der Waals surface area contributed by atoms with E-state index in [1.165, 1.54) is 0 Å². The van der Waals surface area contributed by atoms with Crippen LogP contribution in [0.3, 0.4) is 0 Å². The van der Waals surface area contributed by atoms with Gasteiger partial charge in [0.05, 0.1) is 0 Å². The summed E-state index contributed by atoms with van der Waals surface area (Å²) in [7, 11) is 0. The SMILES string of the molecule is Oc1ccccc1C1C=CCC=C1. The van der Waals surface area contributed by atoms with Gasteiger partial charge >= 0.3 is 0 Å². The Morgan fingerprint density at radius 2 is 1.77 bits per heavy atom. The van der Waals surface area contributed by atoms with E-state index in [0.29, 0.717) is 5.75 Å². The third-order valence-electron chi connectivity index (χ3n) is 2.25. The minimum absolute atomic E-state index is 0.245. The van der Waals surface area contributed by atoms with Gasteiger partial charge in [0.1, 0.15) is 5.75 Å². The largest absolute Gasteiger partial charge is 0.508 e. The summed E-state index contributed by atoms with van der Waals surface area (Å²) in [4.78, 5) is 0. The van der Waals surface area contributed by atoms with Crippen LogP contribution in [0, 0.1) is 0 Å². The van der Waals surface area contributed by atoms with Crippen molar-refractivity contribution in [1.29, 1.82) is 0 Å². The molecular weight excluding hydrogens is 160 g/mol. The maximum absolute atomic E-state index is 9.59. The van der Waals surface area contributed by atoms with Gasteiger partial charge in [0, 0.05) is 11.5 Å². The van der Waals surface area contributed by atoms with Crippen molar-refractivity contribution >= 4 is 0 Å². The summed E-state index contributed by atoms with van der Waals surface area (Å²) in [6, 6.07) is 7.48. The molecule has 0 aliphatic heterocycles. The van der Waals surface area contributed by atoms with Gasteiger partial charge in [0.2, 0.25) is 0 Å². The van der Waals surface area contributed by atoms with Crippen molar-refractivity contribution in [1.82, 2.24) is 0 Å². The lowest BCUT2D eigenvalue weighted by Crippen LogP contribution is -1.93. The lowest BCUT2D eigenvalue weighted by atomic mass is 9.94. The van der Waals surface area contributed by atoms with E-state index in [1.54, 1.807) is 6.07 Å². The van der Waals surface area contributed by atoms with Crippen LogP contribution >= 0.6 is 0 Å². The van der Waals surface area contributed by atoms with E-state index in [1.807, 2.05) is 18.2 Å². The third-order valence-corrected chi connectivity index (χ3v) is 2.25. The van der Waals surface area contributed by atoms with E-state index in [9.17, 15) is 5.11 Å². The van der Waals surface area contributed by atoms with Crippen LogP contribution in [0.1, 0.15) is 17.9 Å². The van der Waals surface area contributed by atoms with Crippen molar-refractivity contribution in [3.8, 4) is 5.75 Å². The predicted octanol–water partition coefficient (Wildman–Crippen LogP) is 2.99. The fourth-order valence-electron chi connectivity index (χ4n) is 1.57. The highest BCUT2D eigenvalue weighted by Crippen LogP contribution is 2.29. The van der Waals surface area contributed by atoms with E-state index in [0.717, 1.165) is 12.0 Å². The highest BCUT2D eigenvalue weighted by atomic mass is 16.3. The Bertz CT molecular complexity index is 338. The number of para-hydroxylation sites is 1. The molecule has 0 radical (unpaired) electrons. The molecule has 0 amide bonds. The van der Waals surface area contributed by atoms with Gasteiger partial charge in [-0.1, -0.05) is 42.5 Å². The van der Waals surface area contributed by atoms with Crippen molar-refractivity contribution in [2.75, 3.05) is 0 Å². The first-order valence-corrected chi connectivity index (χ1v) is 4.49. The molecular formula is C12H12O. The lowest BCUT2D eigenvalue weighted by molar-refractivity contribution is 0.468. The lowest BCUT2D eigenvalue weighted by Gasteiger charge is -2.12. The zero-order chi connectivity index (χ0) is 9.10. The van der Waals surface area contributed by atoms with Crippen LogP contribution in [0.15, 0.2) is 48.6 Å². The Morgan fingerprint density at radius 1 is 1.08 bits per heavy atom. The molecule has 66 valence electrons. The van der Waals surface area contributed by atoms with Gasteiger partial charge in [0.25, 0.3) is 0 Å². The fourth-order valence-corrected chi connectivity index (χ4v) is 1.57. The van der Waals surface area contributed by atoms with Gasteiger partial charge in [0.15, 0.2) is 0 Å². The van der Waals surface area contributed by atoms with Crippen LogP contribution in [0.5, 0.6) is 5.75 Å². The second-order valence-corrected chi connectivity index (χ2v) is 3.18. The van der Waals surface area contributed by atoms with Crippen LogP contribution < -0.4 is 0 Å². The fraction of sp³-hybridized carbons (Fsp3) is 0.167. The highest BCUT2D eigenvalue weighted by Gasteiger charge is 2.09. The minimum Gasteiger partial charge on any atom is -0.508 e. The summed E-state index contributed by atoms with van der Waals surface area (Å²) in [5.41, 5.74) is 0.981. The molecule has 0 saturated heterocycles. The Hall–Kier alpha value is -1.50. The maximum Gasteiger partial charge on any atom is 0.119 e. The number of hydrogen-bond acceptors (Lipinski definition) is 1. The van der Waals surface area contributed by atoms with Crippen molar-refractivity contribution in [2.24, 2.45) is 0 Å². The van der Waals surface area contributed by atoms with Crippen molar-refractivity contribution in [3.63, 3.8) is 0 Å². The quantitative estimate of drug-likeness (QED) is 0.645. The Balaban J connectivity index is 2.34. The summed E-state index contributed by atoms with van der Waals surface area (Å²) in [5.74, 6) is 0.624. The van der Waals surface area contributed by atoms with Gasteiger partial charge in [-0.05, 0) is 12.5 Å². The molecule has 1 N–H and O–H groups in total. The second-order valence-electron chi connectivity index (χ2n) is 3.18. The average Bonchev–Trinajstić information content (AvgIpc) is 2.20. The standard InChI is InChI=1S/C12H12O/c13-12-9-5-4-8-11(12)10-6-2-1-3-7-10/h2-10,13H,1H2. The maximum atomic E-state index is 9.59. The predicted molar refractivity (Wildman–Crippen MR) is 53.7 cm³/mol. The molecule has 0 unspecified atom stereocenters. The molecule has 2 rings (SSSR count). The topological polar surface area (TPSA) is 20.2 Å². The number of benzene rings is 1.